The van der Waals surface area contributed by atoms with Gasteiger partial charge in [0, 0.05) is 14.1 Å². The molecule has 0 aliphatic rings. The third-order valence-electron chi connectivity index (χ3n) is 1.77. The molecule has 14 heavy (non-hydrogen) atoms. The molecule has 1 radical (unpaired) electrons. The Morgan fingerprint density at radius 2 is 2.07 bits per heavy atom. The van der Waals surface area contributed by atoms with Gasteiger partial charge in [-0.1, -0.05) is 12.1 Å². The van der Waals surface area contributed by atoms with Crippen LogP contribution in [0.5, 0.6) is 5.75 Å². The number of hydrogen-bond donors (Lipinski definition) is 0. The Morgan fingerprint density at radius 3 is 2.64 bits per heavy atom. The van der Waals surface area contributed by atoms with E-state index in [2.05, 4.69) is 6.07 Å². The lowest BCUT2D eigenvalue weighted by Crippen LogP contribution is -2.23. The van der Waals surface area contributed by atoms with E-state index in [1.807, 2.05) is 12.1 Å². The van der Waals surface area contributed by atoms with Gasteiger partial charge in [-0.25, -0.2) is 0 Å². The van der Waals surface area contributed by atoms with Crippen LogP contribution in [-0.2, 0) is 4.79 Å². The van der Waals surface area contributed by atoms with E-state index in [0.717, 1.165) is 5.75 Å². The Hall–Kier alpha value is -1.51. The van der Waals surface area contributed by atoms with Gasteiger partial charge in [-0.05, 0) is 18.2 Å². The summed E-state index contributed by atoms with van der Waals surface area (Å²) in [6, 6.07) is 10.1. The van der Waals surface area contributed by atoms with Crippen molar-refractivity contribution in [1.29, 1.82) is 0 Å². The minimum absolute atomic E-state index is 0.0764. The Bertz CT molecular complexity index is 283. The molecule has 3 heteroatoms. The summed E-state index contributed by atoms with van der Waals surface area (Å²) in [6.45, 7) is 0.418. The van der Waals surface area contributed by atoms with Gasteiger partial charge in [0.25, 0.3) is 0 Å². The number of benzene rings is 1. The van der Waals surface area contributed by atoms with Gasteiger partial charge >= 0.3 is 0 Å². The Labute approximate surface area is 84.3 Å². The van der Waals surface area contributed by atoms with Crippen LogP contribution in [0.15, 0.2) is 24.3 Å². The molecule has 0 saturated carbocycles. The van der Waals surface area contributed by atoms with E-state index in [-0.39, 0.29) is 5.91 Å². The molecule has 1 aromatic carbocycles. The summed E-state index contributed by atoms with van der Waals surface area (Å²) in [7, 11) is 3.47. The summed E-state index contributed by atoms with van der Waals surface area (Å²) in [5, 5.41) is 0. The molecule has 0 N–H and O–H groups in total. The van der Waals surface area contributed by atoms with Gasteiger partial charge in [0.05, 0.1) is 13.0 Å². The number of ether oxygens (including phenoxy) is 1. The molecule has 3 nitrogen and oxygen atoms in total. The molecular weight excluding hydrogens is 178 g/mol. The molecule has 1 aromatic rings. The van der Waals surface area contributed by atoms with E-state index in [4.69, 9.17) is 4.74 Å². The monoisotopic (exact) mass is 192 g/mol. The maximum atomic E-state index is 11.2. The maximum Gasteiger partial charge on any atom is 0.225 e. The van der Waals surface area contributed by atoms with E-state index in [9.17, 15) is 4.79 Å². The van der Waals surface area contributed by atoms with Gasteiger partial charge in [-0.15, -0.1) is 0 Å². The van der Waals surface area contributed by atoms with Crippen molar-refractivity contribution in [3.05, 3.63) is 30.3 Å². The van der Waals surface area contributed by atoms with Crippen LogP contribution in [0, 0.1) is 6.07 Å². The van der Waals surface area contributed by atoms with E-state index < -0.39 is 0 Å². The molecular formula is C11H14NO2. The zero-order valence-electron chi connectivity index (χ0n) is 8.49. The molecule has 0 aromatic heterocycles. The lowest BCUT2D eigenvalue weighted by Gasteiger charge is -2.10. The molecule has 0 atom stereocenters. The highest BCUT2D eigenvalue weighted by atomic mass is 16.5. The number of amides is 1. The third-order valence-corrected chi connectivity index (χ3v) is 1.77. The van der Waals surface area contributed by atoms with Gasteiger partial charge < -0.3 is 9.64 Å². The summed E-state index contributed by atoms with van der Waals surface area (Å²) in [6.07, 6.45) is 0.408. The zero-order chi connectivity index (χ0) is 10.4. The fourth-order valence-electron chi connectivity index (χ4n) is 0.948. The van der Waals surface area contributed by atoms with E-state index >= 15 is 0 Å². The average Bonchev–Trinajstić information content (AvgIpc) is 2.19. The second kappa shape index (κ2) is 5.27. The van der Waals surface area contributed by atoms with Crippen LogP contribution in [0.3, 0.4) is 0 Å². The molecule has 1 rings (SSSR count). The number of carbonyl (C=O) groups excluding carboxylic acids is 1. The second-order valence-electron chi connectivity index (χ2n) is 3.12. The van der Waals surface area contributed by atoms with Gasteiger partial charge in [0.2, 0.25) is 5.91 Å². The van der Waals surface area contributed by atoms with E-state index in [1.165, 1.54) is 0 Å². The van der Waals surface area contributed by atoms with E-state index in [1.54, 1.807) is 31.1 Å². The van der Waals surface area contributed by atoms with Crippen LogP contribution in [-0.4, -0.2) is 31.5 Å². The Kier molecular flexibility index (Phi) is 3.98. The molecule has 0 aliphatic heterocycles. The molecule has 1 amide bonds. The van der Waals surface area contributed by atoms with Gasteiger partial charge in [0.1, 0.15) is 5.75 Å². The van der Waals surface area contributed by atoms with Crippen molar-refractivity contribution in [2.45, 2.75) is 6.42 Å². The van der Waals surface area contributed by atoms with Gasteiger partial charge in [-0.3, -0.25) is 4.79 Å². The van der Waals surface area contributed by atoms with E-state index in [0.29, 0.717) is 13.0 Å². The summed E-state index contributed by atoms with van der Waals surface area (Å²) in [5.41, 5.74) is 0. The van der Waals surface area contributed by atoms with Crippen LogP contribution >= 0.6 is 0 Å². The highest BCUT2D eigenvalue weighted by Gasteiger charge is 2.03. The standard InChI is InChI=1S/C11H14NO2/c1-12(2)11(13)8-9-14-10-6-4-3-5-7-10/h4-7H,8-9H2,1-2H3. The first-order valence-electron chi connectivity index (χ1n) is 4.49. The number of hydrogen-bond acceptors (Lipinski definition) is 2. The quantitative estimate of drug-likeness (QED) is 0.720. The highest BCUT2D eigenvalue weighted by Crippen LogP contribution is 2.08. The topological polar surface area (TPSA) is 29.5 Å². The SMILES string of the molecule is CN(C)C(=O)CCOc1cc[c]cc1. The maximum absolute atomic E-state index is 11.2. The first kappa shape index (κ1) is 10.6. The first-order valence-corrected chi connectivity index (χ1v) is 4.49. The molecule has 75 valence electrons. The van der Waals surface area contributed by atoms with Crippen molar-refractivity contribution < 1.29 is 9.53 Å². The van der Waals surface area contributed by atoms with Crippen molar-refractivity contribution >= 4 is 5.91 Å². The van der Waals surface area contributed by atoms with Crippen molar-refractivity contribution in [3.63, 3.8) is 0 Å². The minimum atomic E-state index is 0.0764. The van der Waals surface area contributed by atoms with Crippen LogP contribution in [0.4, 0.5) is 0 Å². The predicted molar refractivity (Wildman–Crippen MR) is 54.1 cm³/mol. The molecule has 0 saturated heterocycles. The highest BCUT2D eigenvalue weighted by molar-refractivity contribution is 5.75. The van der Waals surface area contributed by atoms with Crippen molar-refractivity contribution in [1.82, 2.24) is 4.90 Å². The molecule has 0 spiro atoms. The summed E-state index contributed by atoms with van der Waals surface area (Å²) in [4.78, 5) is 12.7. The molecule has 0 aliphatic carbocycles. The van der Waals surface area contributed by atoms with Crippen LogP contribution < -0.4 is 4.74 Å². The summed E-state index contributed by atoms with van der Waals surface area (Å²) < 4.78 is 5.36. The second-order valence-corrected chi connectivity index (χ2v) is 3.12. The van der Waals surface area contributed by atoms with Crippen LogP contribution in [0.25, 0.3) is 0 Å². The van der Waals surface area contributed by atoms with Crippen molar-refractivity contribution in [2.24, 2.45) is 0 Å². The largest absolute Gasteiger partial charge is 0.493 e. The molecule has 0 fully saturated rings. The van der Waals surface area contributed by atoms with Gasteiger partial charge in [-0.2, -0.15) is 0 Å². The Balaban J connectivity index is 2.26. The van der Waals surface area contributed by atoms with Crippen LogP contribution in [0.2, 0.25) is 0 Å². The summed E-state index contributed by atoms with van der Waals surface area (Å²) >= 11 is 0. The fourth-order valence-corrected chi connectivity index (χ4v) is 0.948. The van der Waals surface area contributed by atoms with Crippen molar-refractivity contribution in [2.75, 3.05) is 20.7 Å². The minimum Gasteiger partial charge on any atom is -0.493 e. The number of rotatable bonds is 4. The molecule has 0 unspecified atom stereocenters. The number of nitrogens with zero attached hydrogens (tertiary/aromatic N) is 1. The third kappa shape index (κ3) is 3.47. The normalized spacial score (nSPS) is 9.57. The lowest BCUT2D eigenvalue weighted by atomic mass is 10.3. The van der Waals surface area contributed by atoms with Gasteiger partial charge in [0.15, 0.2) is 0 Å². The predicted octanol–water partition coefficient (Wildman–Crippen LogP) is 1.34. The van der Waals surface area contributed by atoms with Crippen molar-refractivity contribution in [3.8, 4) is 5.75 Å². The molecule has 0 heterocycles. The average molecular weight is 192 g/mol. The molecule has 0 bridgehead atoms. The zero-order valence-corrected chi connectivity index (χ0v) is 8.49. The smallest absolute Gasteiger partial charge is 0.225 e. The fraction of sp³-hybridized carbons (Fsp3) is 0.364. The summed E-state index contributed by atoms with van der Waals surface area (Å²) in [5.74, 6) is 0.850. The van der Waals surface area contributed by atoms with Crippen LogP contribution in [0.1, 0.15) is 6.42 Å². The Morgan fingerprint density at radius 1 is 1.43 bits per heavy atom. The lowest BCUT2D eigenvalue weighted by molar-refractivity contribution is -0.129. The first-order chi connectivity index (χ1) is 6.70. The number of carbonyl (C=O) groups is 1.